The minimum atomic E-state index is -4.94. The zero-order valence-corrected chi connectivity index (χ0v) is 70.4. The summed E-state index contributed by atoms with van der Waals surface area (Å²) in [6.45, 7) is 13.3. The molecule has 25 nitrogen and oxygen atoms in total. The highest BCUT2D eigenvalue weighted by Gasteiger charge is 2.40. The fraction of sp³-hybridized carbons (Fsp3) is 0.729. The normalized spacial score (nSPS) is 24.6. The average molecular weight is 1720 g/mol. The maximum atomic E-state index is 15.3. The van der Waals surface area contributed by atoms with Crippen molar-refractivity contribution < 1.29 is 132 Å². The molecule has 0 unspecified atom stereocenters. The molecule has 2 heterocycles. The Morgan fingerprint density at radius 3 is 1.08 bits per heavy atom. The Bertz CT molecular complexity index is 3450. The smallest absolute Gasteiger partial charge is 0.421 e. The summed E-state index contributed by atoms with van der Waals surface area (Å²) in [5.74, 6) is -7.22. The van der Waals surface area contributed by atoms with Crippen molar-refractivity contribution in [1.29, 1.82) is 0 Å². The Labute approximate surface area is 697 Å². The molecule has 0 saturated heterocycles. The van der Waals surface area contributed by atoms with Crippen LogP contribution in [0.4, 0.5) is 40.8 Å². The maximum absolute atomic E-state index is 15.3. The van der Waals surface area contributed by atoms with E-state index in [9.17, 15) is 83.8 Å². The van der Waals surface area contributed by atoms with Crippen molar-refractivity contribution in [3.8, 4) is 11.6 Å². The Balaban J connectivity index is 0.000000318. The molecule has 1 amide bonds. The van der Waals surface area contributed by atoms with Gasteiger partial charge in [-0.2, -0.15) is 28.2 Å². The topological polar surface area (TPSA) is 354 Å². The summed E-state index contributed by atoms with van der Waals surface area (Å²) in [7, 11) is 0. The first kappa shape index (κ1) is 103. The predicted molar refractivity (Wildman–Crippen MR) is 423 cm³/mol. The number of ether oxygens (including phenoxy) is 6. The molecule has 7 fully saturated rings. The molecule has 10 rings (SSSR count). The third kappa shape index (κ3) is 35.9. The number of carbonyl (C=O) groups is 10. The number of hydrogen-bond donors (Lipinski definition) is 4. The van der Waals surface area contributed by atoms with Gasteiger partial charge < -0.3 is 53.7 Å². The van der Waals surface area contributed by atoms with Crippen LogP contribution in [0.25, 0.3) is 0 Å². The fourth-order valence-electron chi connectivity index (χ4n) is 15.5. The van der Waals surface area contributed by atoms with E-state index < -0.39 is 77.2 Å². The second kappa shape index (κ2) is 55.0. The number of aliphatic carboxylic acids is 2. The molecule has 2 aromatic heterocycles. The number of alkyl halides is 7. The van der Waals surface area contributed by atoms with Crippen molar-refractivity contribution >= 4 is 76.2 Å². The lowest BCUT2D eigenvalue weighted by atomic mass is 9.81. The number of amides is 1. The molecule has 4 N–H and O–H groups in total. The molecule has 0 aliphatic heterocycles. The van der Waals surface area contributed by atoms with E-state index in [1.54, 1.807) is 20.8 Å². The standard InChI is InChI=1S/C27H28F5N5O4.C12H20O4.C10H17FO2.C10H16O4.C10H18O3.C8H12ClFO.C8H13FO2/c1-15(2)37(25(38)18-5-3-16(12-28)4-6-18)22-11-21(29)23(10-19(22)26(39)40)41-24-20(27(30,31)32)9-17(13-33-24)14-36-34-7-8-35-36;1-3-15-11(13)9-5-7-10(8-6-9)12(14)16-4-2;1-2-13-10(12)9-5-3-8(7-11)4-6-9;1-2-14-10(13)8-5-3-7(4-6-8)9(11)12;1-2-13-10(12)9-5-3-8(7-11)4-6-9;9-8(11)7-3-1-6(5-10)2-4-7;9-5-6-1-3-7(4-2-6)8(10)11/h7-11,13,15-16,18H,3-6,12,14H2,1-2H3,(H,39,40);9-10H,3-8H2,1-2H3;8-9H,2-7H2,1H3;7-8H,2-6H2,1H3,(H,11,12);8-9,11H,2-7H2,1H3;6-7H,1-5H2;6-7H,1-5H2,(H,10,11). The van der Waals surface area contributed by atoms with Crippen LogP contribution in [-0.4, -0.2) is 172 Å². The van der Waals surface area contributed by atoms with Gasteiger partial charge in [0.1, 0.15) is 5.56 Å². The highest BCUT2D eigenvalue weighted by atomic mass is 35.5. The van der Waals surface area contributed by atoms with Gasteiger partial charge in [-0.1, -0.05) is 0 Å². The summed E-state index contributed by atoms with van der Waals surface area (Å²) in [5, 5.41) is 43.6. The predicted octanol–water partition coefficient (Wildman–Crippen LogP) is 17.3. The van der Waals surface area contributed by atoms with Crippen molar-refractivity contribution in [3.63, 3.8) is 0 Å². The van der Waals surface area contributed by atoms with E-state index in [-0.39, 0.29) is 151 Å². The van der Waals surface area contributed by atoms with Gasteiger partial charge in [0, 0.05) is 42.8 Å². The van der Waals surface area contributed by atoms with Crippen molar-refractivity contribution in [2.24, 2.45) is 82.9 Å². The molecule has 7 saturated carbocycles. The number of esters is 5. The third-order valence-corrected chi connectivity index (χ3v) is 23.1. The van der Waals surface area contributed by atoms with Crippen molar-refractivity contribution in [2.45, 2.75) is 247 Å². The molecule has 1 aromatic carbocycles. The molecule has 0 radical (unpaired) electrons. The first-order valence-corrected chi connectivity index (χ1v) is 42.4. The summed E-state index contributed by atoms with van der Waals surface area (Å²) >= 11 is 5.31. The Kier molecular flexibility index (Phi) is 47.7. The van der Waals surface area contributed by atoms with Crippen LogP contribution in [0.15, 0.2) is 36.8 Å². The number of carboxylic acid groups (broad SMARTS) is 3. The Morgan fingerprint density at radius 2 is 0.782 bits per heavy atom. The molecule has 3 aromatic rings. The second-order valence-corrected chi connectivity index (χ2v) is 31.9. The minimum absolute atomic E-state index is 0.000494. The lowest BCUT2D eigenvalue weighted by molar-refractivity contribution is -0.154. The number of halogens is 9. The molecule has 119 heavy (non-hydrogen) atoms. The number of carbonyl (C=O) groups excluding carboxylic acids is 7. The molecular weight excluding hydrogens is 1600 g/mol. The molecule has 7 aliphatic carbocycles. The van der Waals surface area contributed by atoms with Crippen LogP contribution in [0.3, 0.4) is 0 Å². The third-order valence-electron chi connectivity index (χ3n) is 22.8. The number of benzene rings is 1. The van der Waals surface area contributed by atoms with Crippen LogP contribution in [0, 0.1) is 88.7 Å². The number of carboxylic acids is 3. The van der Waals surface area contributed by atoms with Crippen molar-refractivity contribution in [2.75, 3.05) is 71.2 Å². The number of anilines is 1. The zero-order chi connectivity index (χ0) is 88.3. The Morgan fingerprint density at radius 1 is 0.471 bits per heavy atom. The van der Waals surface area contributed by atoms with E-state index in [1.807, 2.05) is 27.7 Å². The molecule has 0 spiro atoms. The first-order chi connectivity index (χ1) is 56.7. The van der Waals surface area contributed by atoms with E-state index in [1.165, 1.54) is 12.4 Å². The van der Waals surface area contributed by atoms with Crippen LogP contribution in [0.2, 0.25) is 0 Å². The number of aromatic nitrogens is 4. The zero-order valence-electron chi connectivity index (χ0n) is 69.7. The molecule has 7 aliphatic rings. The molecule has 672 valence electrons. The van der Waals surface area contributed by atoms with E-state index in [0.717, 1.165) is 150 Å². The molecule has 0 bridgehead atoms. The Hall–Kier alpha value is -8.10. The van der Waals surface area contributed by atoms with Gasteiger partial charge in [0.25, 0.3) is 0 Å². The van der Waals surface area contributed by atoms with Crippen LogP contribution in [0.1, 0.15) is 250 Å². The fourth-order valence-corrected chi connectivity index (χ4v) is 15.8. The number of pyridine rings is 1. The highest BCUT2D eigenvalue weighted by molar-refractivity contribution is 6.64. The van der Waals surface area contributed by atoms with Gasteiger partial charge in [-0.05, 0) is 281 Å². The number of aliphatic hydroxyl groups excluding tert-OH is 1. The number of rotatable bonds is 26. The van der Waals surface area contributed by atoms with Gasteiger partial charge in [0.15, 0.2) is 11.6 Å². The van der Waals surface area contributed by atoms with Crippen LogP contribution in [-0.2, 0) is 79.6 Å². The van der Waals surface area contributed by atoms with E-state index >= 15 is 4.39 Å². The molecule has 0 atom stereocenters. The van der Waals surface area contributed by atoms with Gasteiger partial charge in [0.2, 0.25) is 17.0 Å². The first-order valence-electron chi connectivity index (χ1n) is 42.1. The summed E-state index contributed by atoms with van der Waals surface area (Å²) in [4.78, 5) is 120. The van der Waals surface area contributed by atoms with Crippen LogP contribution in [0.5, 0.6) is 11.6 Å². The number of aliphatic hydroxyl groups is 1. The van der Waals surface area contributed by atoms with Crippen LogP contribution < -0.4 is 9.64 Å². The molecule has 34 heteroatoms. The van der Waals surface area contributed by atoms with Crippen LogP contribution >= 0.6 is 11.6 Å². The monoisotopic (exact) mass is 1720 g/mol. The van der Waals surface area contributed by atoms with Gasteiger partial charge in [-0.15, -0.1) is 0 Å². The van der Waals surface area contributed by atoms with Crippen molar-refractivity contribution in [1.82, 2.24) is 20.0 Å². The summed E-state index contributed by atoms with van der Waals surface area (Å²) in [6.07, 6.45) is 19.0. The second-order valence-electron chi connectivity index (χ2n) is 31.5. The minimum Gasteiger partial charge on any atom is -0.481 e. The lowest BCUT2D eigenvalue weighted by Crippen LogP contribution is -2.43. The van der Waals surface area contributed by atoms with Crippen molar-refractivity contribution in [3.05, 3.63) is 59.3 Å². The highest BCUT2D eigenvalue weighted by Crippen LogP contribution is 2.42. The van der Waals surface area contributed by atoms with Gasteiger partial charge in [0.05, 0.1) is 131 Å². The van der Waals surface area contributed by atoms with E-state index in [2.05, 4.69) is 15.2 Å². The molecular formula is C85H124ClF8N5O20. The van der Waals surface area contributed by atoms with E-state index in [0.29, 0.717) is 103 Å². The summed E-state index contributed by atoms with van der Waals surface area (Å²) < 4.78 is 136. The number of nitrogens with zero attached hydrogens (tertiary/aromatic N) is 5. The lowest BCUT2D eigenvalue weighted by Gasteiger charge is -2.34. The maximum Gasteiger partial charge on any atom is 0.421 e. The summed E-state index contributed by atoms with van der Waals surface area (Å²) in [5.41, 5.74) is -2.03. The van der Waals surface area contributed by atoms with E-state index in [4.69, 9.17) is 55.3 Å². The average Bonchev–Trinajstić information content (AvgIpc) is 0.848. The summed E-state index contributed by atoms with van der Waals surface area (Å²) in [6, 6.07) is 1.67. The van der Waals surface area contributed by atoms with Gasteiger partial charge >= 0.3 is 53.9 Å². The number of hydrogen-bond acceptors (Lipinski definition) is 20. The largest absolute Gasteiger partial charge is 0.481 e. The number of aromatic carboxylic acids is 1. The van der Waals surface area contributed by atoms with Gasteiger partial charge in [-0.3, -0.25) is 60.7 Å². The quantitative estimate of drug-likeness (QED) is 0.0251. The SMILES string of the molecule is CC(C)N(C(=O)C1CCC(CF)CC1)c1cc(F)c(Oc2ncc(Cn3nccn3)cc2C(F)(F)F)cc1C(=O)O.CCOC(=O)C1CCC(C(=O)O)CC1.CCOC(=O)C1CCC(C(=O)OCC)CC1.CCOC(=O)C1CCC(CF)CC1.CCOC(=O)C1CCC(CO)CC1.O=C(Cl)C1CCC(CF)CC1.O=C(O)C1CCC(CF)CC1. The van der Waals surface area contributed by atoms with Gasteiger partial charge in [-0.25, -0.2) is 14.2 Å².